The number of benzene rings is 1. The molecule has 2 saturated heterocycles. The van der Waals surface area contributed by atoms with Crippen LogP contribution in [0.15, 0.2) is 41.7 Å². The quantitative estimate of drug-likeness (QED) is 0.246. The van der Waals surface area contributed by atoms with Gasteiger partial charge in [0.15, 0.2) is 12.0 Å². The van der Waals surface area contributed by atoms with Crippen molar-refractivity contribution in [3.63, 3.8) is 0 Å². The molecule has 9 nitrogen and oxygen atoms in total. The molecule has 0 aliphatic carbocycles. The third kappa shape index (κ3) is 4.28. The number of hydrogen-bond acceptors (Lipinski definition) is 8. The van der Waals surface area contributed by atoms with E-state index >= 15 is 0 Å². The predicted octanol–water partition coefficient (Wildman–Crippen LogP) is 3.82. The number of halogens is 2. The van der Waals surface area contributed by atoms with Gasteiger partial charge in [0, 0.05) is 9.77 Å². The average molecular weight is 606 g/mol. The Morgan fingerprint density at radius 3 is 2.61 bits per heavy atom. The van der Waals surface area contributed by atoms with Crippen molar-refractivity contribution in [1.29, 1.82) is 0 Å². The molecule has 176 valence electrons. The Morgan fingerprint density at radius 2 is 1.88 bits per heavy atom. The van der Waals surface area contributed by atoms with Crippen LogP contribution < -0.4 is 0 Å². The van der Waals surface area contributed by atoms with Crippen molar-refractivity contribution in [2.75, 3.05) is 6.61 Å². The van der Waals surface area contributed by atoms with E-state index in [2.05, 4.69) is 32.6 Å². The third-order valence-electron chi connectivity index (χ3n) is 5.61. The van der Waals surface area contributed by atoms with Crippen LogP contribution in [0.4, 0.5) is 0 Å². The van der Waals surface area contributed by atoms with E-state index in [0.29, 0.717) is 16.2 Å². The molecule has 0 amide bonds. The molecule has 4 atom stereocenters. The van der Waals surface area contributed by atoms with E-state index in [-0.39, 0.29) is 11.5 Å². The lowest BCUT2D eigenvalue weighted by atomic mass is 10.1. The second kappa shape index (κ2) is 8.40. The molecule has 0 unspecified atom stereocenters. The number of ether oxygens (including phenoxy) is 3. The molecule has 12 heteroatoms. The second-order valence-corrected chi connectivity index (χ2v) is 11.6. The van der Waals surface area contributed by atoms with Crippen LogP contribution in [0.5, 0.6) is 0 Å². The van der Waals surface area contributed by atoms with Gasteiger partial charge < -0.3 is 18.8 Å². The number of aromatic nitrogens is 3. The van der Waals surface area contributed by atoms with Gasteiger partial charge in [-0.25, -0.2) is 9.97 Å². The Bertz CT molecular complexity index is 1310. The van der Waals surface area contributed by atoms with E-state index in [9.17, 15) is 8.42 Å². The topological polar surface area (TPSA) is 102 Å². The third-order valence-corrected chi connectivity index (χ3v) is 8.01. The highest BCUT2D eigenvalue weighted by atomic mass is 127. The van der Waals surface area contributed by atoms with E-state index in [4.69, 9.17) is 30.0 Å². The minimum absolute atomic E-state index is 0.0837. The summed E-state index contributed by atoms with van der Waals surface area (Å²) >= 11 is 8.44. The predicted molar refractivity (Wildman–Crippen MR) is 127 cm³/mol. The summed E-state index contributed by atoms with van der Waals surface area (Å²) < 4.78 is 51.9. The van der Waals surface area contributed by atoms with Crippen molar-refractivity contribution in [3.05, 3.63) is 51.1 Å². The molecule has 0 N–H and O–H groups in total. The van der Waals surface area contributed by atoms with E-state index in [1.54, 1.807) is 26.0 Å². The van der Waals surface area contributed by atoms with Gasteiger partial charge in [0.2, 0.25) is 0 Å². The molecule has 4 heterocycles. The normalized spacial score (nSPS) is 26.7. The molecule has 0 bridgehead atoms. The SMILES string of the molecule is Cc1ccc(S(=O)(=O)OC[C@@H]2O[C@@H](n3cc(I)c4c(Cl)ncnc43)[C@@H]3OC(C)(C)O[C@@H]32)cc1. The van der Waals surface area contributed by atoms with E-state index < -0.39 is 40.4 Å². The zero-order valence-corrected chi connectivity index (χ0v) is 21.7. The zero-order valence-electron chi connectivity index (χ0n) is 17.9. The summed E-state index contributed by atoms with van der Waals surface area (Å²) in [5, 5.41) is 1.05. The van der Waals surface area contributed by atoms with E-state index in [0.717, 1.165) is 9.13 Å². The molecule has 1 aromatic carbocycles. The van der Waals surface area contributed by atoms with E-state index in [1.165, 1.54) is 18.5 Å². The number of aryl methyl sites for hydroxylation is 1. The maximum atomic E-state index is 12.7. The highest BCUT2D eigenvalue weighted by Crippen LogP contribution is 2.45. The molecule has 2 aromatic heterocycles. The lowest BCUT2D eigenvalue weighted by Crippen LogP contribution is -2.33. The van der Waals surface area contributed by atoms with Crippen LogP contribution in [-0.4, -0.2) is 53.7 Å². The van der Waals surface area contributed by atoms with Crippen molar-refractivity contribution in [1.82, 2.24) is 14.5 Å². The first-order valence-electron chi connectivity index (χ1n) is 10.2. The number of rotatable bonds is 5. The molecule has 5 rings (SSSR count). The van der Waals surface area contributed by atoms with Crippen LogP contribution >= 0.6 is 34.2 Å². The summed E-state index contributed by atoms with van der Waals surface area (Å²) in [7, 11) is -3.96. The maximum Gasteiger partial charge on any atom is 0.297 e. The maximum absolute atomic E-state index is 12.7. The number of fused-ring (bicyclic) bond motifs is 2. The van der Waals surface area contributed by atoms with Crippen molar-refractivity contribution >= 4 is 55.3 Å². The van der Waals surface area contributed by atoms with Gasteiger partial charge in [-0.15, -0.1) is 0 Å². The monoisotopic (exact) mass is 605 g/mol. The van der Waals surface area contributed by atoms with Crippen molar-refractivity contribution in [2.45, 2.75) is 56.0 Å². The first-order chi connectivity index (χ1) is 15.6. The highest BCUT2D eigenvalue weighted by Gasteiger charge is 2.56. The first-order valence-corrected chi connectivity index (χ1v) is 13.1. The molecule has 2 aliphatic heterocycles. The van der Waals surface area contributed by atoms with Gasteiger partial charge >= 0.3 is 0 Å². The average Bonchev–Trinajstić information content (AvgIpc) is 3.36. The summed E-state index contributed by atoms with van der Waals surface area (Å²) in [6, 6.07) is 6.47. The fourth-order valence-electron chi connectivity index (χ4n) is 4.15. The zero-order chi connectivity index (χ0) is 23.5. The van der Waals surface area contributed by atoms with Crippen molar-refractivity contribution in [3.8, 4) is 0 Å². The van der Waals surface area contributed by atoms with Crippen LogP contribution in [0.1, 0.15) is 25.6 Å². The minimum atomic E-state index is -3.96. The number of nitrogens with zero attached hydrogens (tertiary/aromatic N) is 3. The Hall–Kier alpha value is -1.35. The summed E-state index contributed by atoms with van der Waals surface area (Å²) in [6.07, 6.45) is 0.892. The molecule has 2 fully saturated rings. The summed E-state index contributed by atoms with van der Waals surface area (Å²) in [6.45, 7) is 5.27. The van der Waals surface area contributed by atoms with Gasteiger partial charge in [-0.1, -0.05) is 29.3 Å². The fourth-order valence-corrected chi connectivity index (χ4v) is 6.25. The van der Waals surface area contributed by atoms with Crippen molar-refractivity contribution < 1.29 is 26.8 Å². The Morgan fingerprint density at radius 1 is 1.18 bits per heavy atom. The fraction of sp³-hybridized carbons (Fsp3) is 0.429. The van der Waals surface area contributed by atoms with Crippen molar-refractivity contribution in [2.24, 2.45) is 0 Å². The standard InChI is InChI=1S/C21H21ClIN3O6S/c1-11-4-6-12(7-5-11)33(27,28)29-9-14-16-17(32-21(2,3)31-16)20(30-14)26-8-13(23)15-18(22)24-10-25-19(15)26/h4-8,10,14,16-17,20H,9H2,1-3H3/t14-,16+,17+,20+/m0/s1. The number of hydrogen-bond donors (Lipinski definition) is 0. The molecular formula is C21H21ClIN3O6S. The van der Waals surface area contributed by atoms with Gasteiger partial charge in [0.1, 0.15) is 35.4 Å². The van der Waals surface area contributed by atoms with Gasteiger partial charge in [0.25, 0.3) is 10.1 Å². The minimum Gasteiger partial charge on any atom is -0.347 e. The van der Waals surface area contributed by atoms with Gasteiger partial charge in [-0.05, 0) is 55.5 Å². The molecule has 0 radical (unpaired) electrons. The summed E-state index contributed by atoms with van der Waals surface area (Å²) in [5.74, 6) is -0.867. The van der Waals surface area contributed by atoms with Crippen LogP contribution in [0.25, 0.3) is 11.0 Å². The Balaban J connectivity index is 1.43. The van der Waals surface area contributed by atoms with E-state index in [1.807, 2.05) is 17.7 Å². The molecule has 33 heavy (non-hydrogen) atoms. The van der Waals surface area contributed by atoms with Gasteiger partial charge in [-0.2, -0.15) is 8.42 Å². The molecule has 3 aromatic rings. The van der Waals surface area contributed by atoms with Crippen LogP contribution in [0.2, 0.25) is 5.15 Å². The van der Waals surface area contributed by atoms with Crippen LogP contribution in [0.3, 0.4) is 0 Å². The Kier molecular flexibility index (Phi) is 5.95. The van der Waals surface area contributed by atoms with Crippen LogP contribution in [0, 0.1) is 10.5 Å². The molecular weight excluding hydrogens is 585 g/mol. The smallest absolute Gasteiger partial charge is 0.297 e. The molecule has 2 aliphatic rings. The van der Waals surface area contributed by atoms with Gasteiger partial charge in [-0.3, -0.25) is 4.18 Å². The summed E-state index contributed by atoms with van der Waals surface area (Å²) in [5.41, 5.74) is 1.54. The van der Waals surface area contributed by atoms with Crippen LogP contribution in [-0.2, 0) is 28.5 Å². The second-order valence-electron chi connectivity index (χ2n) is 8.43. The Labute approximate surface area is 209 Å². The first kappa shape index (κ1) is 23.4. The lowest BCUT2D eigenvalue weighted by molar-refractivity contribution is -0.198. The highest BCUT2D eigenvalue weighted by molar-refractivity contribution is 14.1. The molecule has 0 saturated carbocycles. The lowest BCUT2D eigenvalue weighted by Gasteiger charge is -2.25. The largest absolute Gasteiger partial charge is 0.347 e. The molecule has 0 spiro atoms. The summed E-state index contributed by atoms with van der Waals surface area (Å²) in [4.78, 5) is 8.51. The van der Waals surface area contributed by atoms with Gasteiger partial charge in [0.05, 0.1) is 16.9 Å².